The second-order valence-corrected chi connectivity index (χ2v) is 5.39. The lowest BCUT2D eigenvalue weighted by Gasteiger charge is -2.35. The van der Waals surface area contributed by atoms with E-state index >= 15 is 0 Å². The smallest absolute Gasteiger partial charge is 0.410 e. The highest BCUT2D eigenvalue weighted by Gasteiger charge is 2.33. The molecule has 2 atom stereocenters. The molecule has 5 heteroatoms. The molecule has 1 rings (SSSR count). The molecule has 1 heterocycles. The lowest BCUT2D eigenvalue weighted by molar-refractivity contribution is -0.109. The summed E-state index contributed by atoms with van der Waals surface area (Å²) < 4.78 is 18.8. The van der Waals surface area contributed by atoms with Gasteiger partial charge in [0.05, 0.1) is 6.54 Å². The number of rotatable bonds is 2. The Morgan fingerprint density at radius 2 is 2.18 bits per heavy atom. The van der Waals surface area contributed by atoms with E-state index in [1.165, 1.54) is 4.90 Å². The Labute approximate surface area is 101 Å². The zero-order valence-corrected chi connectivity index (χ0v) is 10.6. The molecule has 0 aromatic rings. The molecule has 0 bridgehead atoms. The van der Waals surface area contributed by atoms with Gasteiger partial charge in [-0.3, -0.25) is 0 Å². The van der Waals surface area contributed by atoms with Gasteiger partial charge in [0, 0.05) is 18.9 Å². The fraction of sp³-hybridized carbons (Fsp3) is 0.833. The van der Waals surface area contributed by atoms with Gasteiger partial charge in [0.15, 0.2) is 0 Å². The van der Waals surface area contributed by atoms with Crippen LogP contribution in [0, 0.1) is 5.92 Å². The maximum atomic E-state index is 13.7. The van der Waals surface area contributed by atoms with Crippen LogP contribution in [0.2, 0.25) is 0 Å². The molecule has 0 aromatic carbocycles. The van der Waals surface area contributed by atoms with E-state index in [-0.39, 0.29) is 18.9 Å². The summed E-state index contributed by atoms with van der Waals surface area (Å²) in [6, 6.07) is 0. The van der Waals surface area contributed by atoms with Crippen LogP contribution in [0.4, 0.5) is 9.18 Å². The molecule has 1 aliphatic rings. The van der Waals surface area contributed by atoms with Gasteiger partial charge in [-0.1, -0.05) is 0 Å². The van der Waals surface area contributed by atoms with Crippen molar-refractivity contribution in [3.63, 3.8) is 0 Å². The molecule has 0 aliphatic carbocycles. The largest absolute Gasteiger partial charge is 0.444 e. The van der Waals surface area contributed by atoms with Crippen molar-refractivity contribution in [2.24, 2.45) is 5.92 Å². The number of likely N-dealkylation sites (tertiary alicyclic amines) is 1. The molecular weight excluding hydrogens is 225 g/mol. The van der Waals surface area contributed by atoms with E-state index in [9.17, 15) is 14.0 Å². The first-order valence-corrected chi connectivity index (χ1v) is 5.89. The van der Waals surface area contributed by atoms with Crippen molar-refractivity contribution in [2.45, 2.75) is 45.4 Å². The summed E-state index contributed by atoms with van der Waals surface area (Å²) in [5.41, 5.74) is -0.567. The summed E-state index contributed by atoms with van der Waals surface area (Å²) in [5.74, 6) is -0.258. The predicted molar refractivity (Wildman–Crippen MR) is 61.5 cm³/mol. The Kier molecular flexibility index (Phi) is 4.48. The monoisotopic (exact) mass is 245 g/mol. The number of aldehydes is 1. The number of amides is 1. The number of halogens is 1. The Hall–Kier alpha value is -1.13. The highest BCUT2D eigenvalue weighted by molar-refractivity contribution is 5.68. The van der Waals surface area contributed by atoms with E-state index in [1.807, 2.05) is 0 Å². The maximum absolute atomic E-state index is 13.7. The van der Waals surface area contributed by atoms with Gasteiger partial charge in [0.1, 0.15) is 18.1 Å². The van der Waals surface area contributed by atoms with Gasteiger partial charge in [-0.25, -0.2) is 9.18 Å². The second kappa shape index (κ2) is 5.47. The Morgan fingerprint density at radius 1 is 1.53 bits per heavy atom. The third-order valence-corrected chi connectivity index (χ3v) is 2.73. The number of alkyl halides is 1. The van der Waals surface area contributed by atoms with Crippen LogP contribution in [-0.4, -0.2) is 42.1 Å². The third-order valence-electron chi connectivity index (χ3n) is 2.73. The van der Waals surface area contributed by atoms with Gasteiger partial charge in [0.25, 0.3) is 0 Å². The van der Waals surface area contributed by atoms with Crippen molar-refractivity contribution < 1.29 is 18.7 Å². The molecule has 0 unspecified atom stereocenters. The zero-order valence-electron chi connectivity index (χ0n) is 10.6. The summed E-state index contributed by atoms with van der Waals surface area (Å²) in [4.78, 5) is 23.4. The molecule has 0 N–H and O–H groups in total. The topological polar surface area (TPSA) is 46.6 Å². The Morgan fingerprint density at radius 3 is 2.65 bits per heavy atom. The van der Waals surface area contributed by atoms with Gasteiger partial charge in [-0.15, -0.1) is 0 Å². The second-order valence-electron chi connectivity index (χ2n) is 5.39. The van der Waals surface area contributed by atoms with Gasteiger partial charge >= 0.3 is 6.09 Å². The summed E-state index contributed by atoms with van der Waals surface area (Å²) in [6.45, 7) is 5.80. The maximum Gasteiger partial charge on any atom is 0.410 e. The molecule has 0 radical (unpaired) electrons. The van der Waals surface area contributed by atoms with E-state index < -0.39 is 17.9 Å². The van der Waals surface area contributed by atoms with Crippen LogP contribution in [0.5, 0.6) is 0 Å². The summed E-state index contributed by atoms with van der Waals surface area (Å²) in [6.07, 6.45) is -0.144. The number of carbonyl (C=O) groups is 2. The molecule has 1 aliphatic heterocycles. The molecule has 0 aromatic heterocycles. The van der Waals surface area contributed by atoms with Gasteiger partial charge in [-0.05, 0) is 27.2 Å². The standard InChI is InChI=1S/C12H20FNO3/c1-12(2,3)17-11(16)14-6-4-9(5-7-15)10(13)8-14/h7,9-10H,4-6,8H2,1-3H3/t9-,10+/m1/s1. The fourth-order valence-corrected chi connectivity index (χ4v) is 1.83. The average Bonchev–Trinajstić information content (AvgIpc) is 2.18. The Balaban J connectivity index is 2.49. The zero-order chi connectivity index (χ0) is 13.1. The van der Waals surface area contributed by atoms with E-state index in [1.54, 1.807) is 20.8 Å². The van der Waals surface area contributed by atoms with Crippen molar-refractivity contribution in [1.29, 1.82) is 0 Å². The number of carbonyl (C=O) groups excluding carboxylic acids is 2. The molecule has 1 amide bonds. The Bertz CT molecular complexity index is 288. The molecule has 17 heavy (non-hydrogen) atoms. The first kappa shape index (κ1) is 13.9. The highest BCUT2D eigenvalue weighted by atomic mass is 19.1. The summed E-state index contributed by atoms with van der Waals surface area (Å²) in [7, 11) is 0. The third kappa shape index (κ3) is 4.32. The minimum Gasteiger partial charge on any atom is -0.444 e. The predicted octanol–water partition coefficient (Wildman–Crippen LogP) is 2.17. The fourth-order valence-electron chi connectivity index (χ4n) is 1.83. The van der Waals surface area contributed by atoms with Crippen molar-refractivity contribution in [1.82, 2.24) is 4.90 Å². The van der Waals surface area contributed by atoms with Crippen LogP contribution in [0.15, 0.2) is 0 Å². The summed E-state index contributed by atoms with van der Waals surface area (Å²) in [5, 5.41) is 0. The van der Waals surface area contributed by atoms with Gasteiger partial charge in [-0.2, -0.15) is 0 Å². The molecule has 98 valence electrons. The van der Waals surface area contributed by atoms with Crippen LogP contribution < -0.4 is 0 Å². The molecule has 4 nitrogen and oxygen atoms in total. The first-order valence-electron chi connectivity index (χ1n) is 5.89. The number of hydrogen-bond acceptors (Lipinski definition) is 3. The van der Waals surface area contributed by atoms with Crippen LogP contribution >= 0.6 is 0 Å². The van der Waals surface area contributed by atoms with Crippen molar-refractivity contribution >= 4 is 12.4 Å². The van der Waals surface area contributed by atoms with E-state index in [0.717, 1.165) is 6.29 Å². The first-order chi connectivity index (χ1) is 7.83. The molecule has 1 fully saturated rings. The van der Waals surface area contributed by atoms with E-state index in [0.29, 0.717) is 13.0 Å². The minimum absolute atomic E-state index is 0.0212. The quantitative estimate of drug-likeness (QED) is 0.700. The van der Waals surface area contributed by atoms with Crippen molar-refractivity contribution in [3.05, 3.63) is 0 Å². The molecule has 0 spiro atoms. The van der Waals surface area contributed by atoms with Crippen LogP contribution in [-0.2, 0) is 9.53 Å². The van der Waals surface area contributed by atoms with E-state index in [4.69, 9.17) is 4.74 Å². The SMILES string of the molecule is CC(C)(C)OC(=O)N1CC[C@H](CC=O)[C@@H](F)C1. The molecule has 0 saturated carbocycles. The van der Waals surface area contributed by atoms with Crippen LogP contribution in [0.3, 0.4) is 0 Å². The van der Waals surface area contributed by atoms with Crippen molar-refractivity contribution in [2.75, 3.05) is 13.1 Å². The molecule has 1 saturated heterocycles. The lowest BCUT2D eigenvalue weighted by Crippen LogP contribution is -2.46. The lowest BCUT2D eigenvalue weighted by atomic mass is 9.92. The minimum atomic E-state index is -1.14. The average molecular weight is 245 g/mol. The highest BCUT2D eigenvalue weighted by Crippen LogP contribution is 2.24. The van der Waals surface area contributed by atoms with Crippen LogP contribution in [0.1, 0.15) is 33.6 Å². The summed E-state index contributed by atoms with van der Waals surface area (Å²) >= 11 is 0. The molecular formula is C12H20FNO3. The number of ether oxygens (including phenoxy) is 1. The normalized spacial score (nSPS) is 25.5. The van der Waals surface area contributed by atoms with Gasteiger partial charge < -0.3 is 14.4 Å². The number of nitrogens with zero attached hydrogens (tertiary/aromatic N) is 1. The van der Waals surface area contributed by atoms with E-state index in [2.05, 4.69) is 0 Å². The number of hydrogen-bond donors (Lipinski definition) is 0. The van der Waals surface area contributed by atoms with Gasteiger partial charge in [0.2, 0.25) is 0 Å². The van der Waals surface area contributed by atoms with Crippen molar-refractivity contribution in [3.8, 4) is 0 Å². The number of piperidine rings is 1. The van der Waals surface area contributed by atoms with Crippen LogP contribution in [0.25, 0.3) is 0 Å².